The maximum absolute atomic E-state index is 14.2. The molecule has 1 heterocycles. The molecule has 0 aliphatic heterocycles. The maximum Gasteiger partial charge on any atom is 0.338 e. The van der Waals surface area contributed by atoms with Crippen LogP contribution in [0.3, 0.4) is 0 Å². The van der Waals surface area contributed by atoms with Gasteiger partial charge in [0.25, 0.3) is 0 Å². The van der Waals surface area contributed by atoms with Crippen molar-refractivity contribution >= 4 is 11.8 Å². The number of anilines is 1. The van der Waals surface area contributed by atoms with E-state index in [1.54, 1.807) is 4.90 Å². The summed E-state index contributed by atoms with van der Waals surface area (Å²) in [6, 6.07) is 1.21. The van der Waals surface area contributed by atoms with Gasteiger partial charge >= 0.3 is 5.97 Å². The van der Waals surface area contributed by atoms with Gasteiger partial charge in [-0.25, -0.2) is 14.2 Å². The molecular formula is C13H20FN3O2. The zero-order valence-corrected chi connectivity index (χ0v) is 11.7. The molecule has 0 radical (unpaired) electrons. The Kier molecular flexibility index (Phi) is 5.23. The number of aromatic carboxylic acids is 1. The zero-order valence-electron chi connectivity index (χ0n) is 11.7. The molecule has 0 aliphatic rings. The Morgan fingerprint density at radius 3 is 2.63 bits per heavy atom. The summed E-state index contributed by atoms with van der Waals surface area (Å²) in [5.41, 5.74) is -0.347. The average molecular weight is 269 g/mol. The predicted octanol–water partition coefficient (Wildman–Crippen LogP) is 1.70. The highest BCUT2D eigenvalue weighted by atomic mass is 19.1. The Labute approximate surface area is 112 Å². The molecule has 0 aromatic carbocycles. The molecule has 19 heavy (non-hydrogen) atoms. The highest BCUT2D eigenvalue weighted by Crippen LogP contribution is 2.21. The maximum atomic E-state index is 14.2. The van der Waals surface area contributed by atoms with Crippen LogP contribution in [0.25, 0.3) is 0 Å². The van der Waals surface area contributed by atoms with E-state index in [0.717, 1.165) is 6.54 Å². The zero-order chi connectivity index (χ0) is 14.6. The van der Waals surface area contributed by atoms with E-state index in [1.807, 2.05) is 32.8 Å². The molecule has 0 aliphatic carbocycles. The Balaban J connectivity index is 3.11. The van der Waals surface area contributed by atoms with Gasteiger partial charge in [0.2, 0.25) is 0 Å². The van der Waals surface area contributed by atoms with Crippen LogP contribution >= 0.6 is 0 Å². The third-order valence-corrected chi connectivity index (χ3v) is 2.88. The van der Waals surface area contributed by atoms with E-state index in [4.69, 9.17) is 5.11 Å². The third kappa shape index (κ3) is 3.64. The predicted molar refractivity (Wildman–Crippen MR) is 72.2 cm³/mol. The van der Waals surface area contributed by atoms with Crippen LogP contribution in [0.2, 0.25) is 0 Å². The number of hydrogen-bond acceptors (Lipinski definition) is 4. The number of rotatable bonds is 6. The molecule has 5 nitrogen and oxygen atoms in total. The van der Waals surface area contributed by atoms with Crippen LogP contribution in [0.5, 0.6) is 0 Å². The normalized spacial score (nSPS) is 12.5. The SMILES string of the molecule is CCN(c1nccc(C(=O)O)c1F)C(C)CN(C)C. The second-order valence-electron chi connectivity index (χ2n) is 4.70. The number of likely N-dealkylation sites (N-methyl/N-ethyl adjacent to an activating group) is 2. The number of hydrogen-bond donors (Lipinski definition) is 1. The van der Waals surface area contributed by atoms with Crippen LogP contribution in [0.1, 0.15) is 24.2 Å². The number of carboxylic acid groups (broad SMARTS) is 1. The summed E-state index contributed by atoms with van der Waals surface area (Å²) in [5, 5.41) is 8.93. The van der Waals surface area contributed by atoms with Crippen LogP contribution in [0, 0.1) is 5.82 Å². The molecule has 0 amide bonds. The summed E-state index contributed by atoms with van der Waals surface area (Å²) in [5.74, 6) is -1.96. The van der Waals surface area contributed by atoms with E-state index < -0.39 is 11.8 Å². The molecule has 1 aromatic heterocycles. The summed E-state index contributed by atoms with van der Waals surface area (Å²) in [4.78, 5) is 18.7. The second kappa shape index (κ2) is 6.47. The van der Waals surface area contributed by atoms with E-state index in [2.05, 4.69) is 4.98 Å². The van der Waals surface area contributed by atoms with Crippen LogP contribution in [0.4, 0.5) is 10.2 Å². The minimum absolute atomic E-state index is 0.0334. The van der Waals surface area contributed by atoms with Crippen molar-refractivity contribution < 1.29 is 14.3 Å². The van der Waals surface area contributed by atoms with Gasteiger partial charge in [0.1, 0.15) is 5.56 Å². The highest BCUT2D eigenvalue weighted by Gasteiger charge is 2.22. The van der Waals surface area contributed by atoms with E-state index in [0.29, 0.717) is 6.54 Å². The molecule has 0 bridgehead atoms. The van der Waals surface area contributed by atoms with Gasteiger partial charge < -0.3 is 14.9 Å². The van der Waals surface area contributed by atoms with Crippen molar-refractivity contribution in [1.29, 1.82) is 0 Å². The largest absolute Gasteiger partial charge is 0.478 e. The van der Waals surface area contributed by atoms with Crippen LogP contribution < -0.4 is 4.90 Å². The van der Waals surface area contributed by atoms with E-state index in [9.17, 15) is 9.18 Å². The lowest BCUT2D eigenvalue weighted by Gasteiger charge is -2.31. The number of pyridine rings is 1. The monoisotopic (exact) mass is 269 g/mol. The summed E-state index contributed by atoms with van der Waals surface area (Å²) in [6.07, 6.45) is 1.33. The fourth-order valence-electron chi connectivity index (χ4n) is 2.10. The van der Waals surface area contributed by atoms with Crippen molar-refractivity contribution in [2.24, 2.45) is 0 Å². The quantitative estimate of drug-likeness (QED) is 0.851. The lowest BCUT2D eigenvalue weighted by Crippen LogP contribution is -2.41. The Morgan fingerprint density at radius 1 is 1.53 bits per heavy atom. The average Bonchev–Trinajstić information content (AvgIpc) is 2.30. The van der Waals surface area contributed by atoms with Gasteiger partial charge in [0.15, 0.2) is 11.6 Å². The van der Waals surface area contributed by atoms with Crippen LogP contribution in [0.15, 0.2) is 12.3 Å². The molecule has 1 atom stereocenters. The van der Waals surface area contributed by atoms with E-state index in [-0.39, 0.29) is 17.4 Å². The molecule has 0 saturated carbocycles. The number of nitrogens with zero attached hydrogens (tertiary/aromatic N) is 3. The van der Waals surface area contributed by atoms with E-state index in [1.165, 1.54) is 12.3 Å². The number of aromatic nitrogens is 1. The first-order chi connectivity index (χ1) is 8.88. The minimum Gasteiger partial charge on any atom is -0.478 e. The molecule has 1 N–H and O–H groups in total. The first-order valence-electron chi connectivity index (χ1n) is 6.17. The summed E-state index contributed by atoms with van der Waals surface area (Å²) >= 11 is 0. The standard InChI is InChI=1S/C13H20FN3O2/c1-5-17(9(2)8-16(3)4)12-11(14)10(13(18)19)6-7-15-12/h6-7,9H,5,8H2,1-4H3,(H,18,19). The van der Waals surface area contributed by atoms with Crippen molar-refractivity contribution in [3.05, 3.63) is 23.6 Å². The van der Waals surface area contributed by atoms with Crippen molar-refractivity contribution in [3.8, 4) is 0 Å². The van der Waals surface area contributed by atoms with Gasteiger partial charge in [-0.1, -0.05) is 0 Å². The first-order valence-corrected chi connectivity index (χ1v) is 6.17. The molecule has 1 aromatic rings. The number of carbonyl (C=O) groups is 1. The highest BCUT2D eigenvalue weighted by molar-refractivity contribution is 5.88. The topological polar surface area (TPSA) is 56.7 Å². The number of carboxylic acids is 1. The smallest absolute Gasteiger partial charge is 0.338 e. The number of halogens is 1. The van der Waals surface area contributed by atoms with Crippen molar-refractivity contribution in [3.63, 3.8) is 0 Å². The van der Waals surface area contributed by atoms with Crippen molar-refractivity contribution in [2.45, 2.75) is 19.9 Å². The third-order valence-electron chi connectivity index (χ3n) is 2.88. The fraction of sp³-hybridized carbons (Fsp3) is 0.538. The van der Waals surface area contributed by atoms with Gasteiger partial charge in [-0.05, 0) is 34.0 Å². The molecule has 0 spiro atoms. The summed E-state index contributed by atoms with van der Waals surface area (Å²) in [7, 11) is 3.86. The molecule has 6 heteroatoms. The lowest BCUT2D eigenvalue weighted by atomic mass is 10.2. The Hall–Kier alpha value is -1.69. The molecule has 1 unspecified atom stereocenters. The molecular weight excluding hydrogens is 249 g/mol. The van der Waals surface area contributed by atoms with Gasteiger partial charge in [0, 0.05) is 25.3 Å². The Bertz CT molecular complexity index is 452. The molecule has 0 fully saturated rings. The van der Waals surface area contributed by atoms with Crippen molar-refractivity contribution in [2.75, 3.05) is 32.1 Å². The van der Waals surface area contributed by atoms with E-state index >= 15 is 0 Å². The molecule has 106 valence electrons. The first kappa shape index (κ1) is 15.4. The van der Waals surface area contributed by atoms with Crippen molar-refractivity contribution in [1.82, 2.24) is 9.88 Å². The van der Waals surface area contributed by atoms with Gasteiger partial charge in [-0.3, -0.25) is 0 Å². The molecule has 0 saturated heterocycles. The second-order valence-corrected chi connectivity index (χ2v) is 4.70. The minimum atomic E-state index is -1.28. The summed E-state index contributed by atoms with van der Waals surface area (Å²) in [6.45, 7) is 5.13. The van der Waals surface area contributed by atoms with Gasteiger partial charge in [-0.15, -0.1) is 0 Å². The summed E-state index contributed by atoms with van der Waals surface area (Å²) < 4.78 is 14.2. The van der Waals surface area contributed by atoms with Crippen LogP contribution in [-0.2, 0) is 0 Å². The van der Waals surface area contributed by atoms with Gasteiger partial charge in [-0.2, -0.15) is 0 Å². The Morgan fingerprint density at radius 2 is 2.16 bits per heavy atom. The fourth-order valence-corrected chi connectivity index (χ4v) is 2.10. The van der Waals surface area contributed by atoms with Gasteiger partial charge in [0.05, 0.1) is 0 Å². The lowest BCUT2D eigenvalue weighted by molar-refractivity contribution is 0.0691. The van der Waals surface area contributed by atoms with Crippen LogP contribution in [-0.4, -0.2) is 54.2 Å². The molecule has 1 rings (SSSR count).